The van der Waals surface area contributed by atoms with Crippen molar-refractivity contribution < 1.29 is 32.5 Å². The van der Waals surface area contributed by atoms with Crippen molar-refractivity contribution in [2.45, 2.75) is 32.4 Å². The van der Waals surface area contributed by atoms with Crippen molar-refractivity contribution in [1.29, 1.82) is 0 Å². The van der Waals surface area contributed by atoms with Crippen LogP contribution < -0.4 is 14.8 Å². The molecule has 0 aliphatic heterocycles. The molecule has 6 nitrogen and oxygen atoms in total. The fourth-order valence-electron chi connectivity index (χ4n) is 3.48. The number of halogens is 3. The van der Waals surface area contributed by atoms with Crippen LogP contribution in [-0.4, -0.2) is 43.4 Å². The molecule has 4 rings (SSSR count). The third kappa shape index (κ3) is 7.69. The van der Waals surface area contributed by atoms with Crippen LogP contribution in [0.3, 0.4) is 0 Å². The molecule has 3 aromatic rings. The van der Waals surface area contributed by atoms with E-state index in [1.165, 1.54) is 37.1 Å². The summed E-state index contributed by atoms with van der Waals surface area (Å²) in [5.74, 6) is 1.41. The van der Waals surface area contributed by atoms with Gasteiger partial charge in [-0.2, -0.15) is 13.2 Å². The van der Waals surface area contributed by atoms with Crippen molar-refractivity contribution in [2.24, 2.45) is 5.92 Å². The third-order valence-electron chi connectivity index (χ3n) is 5.58. The minimum absolute atomic E-state index is 0.0252. The quantitative estimate of drug-likeness (QED) is 0.332. The van der Waals surface area contributed by atoms with E-state index >= 15 is 0 Å². The van der Waals surface area contributed by atoms with Crippen molar-refractivity contribution in [3.05, 3.63) is 63.5 Å². The van der Waals surface area contributed by atoms with Crippen LogP contribution in [0.5, 0.6) is 11.5 Å². The number of methoxy groups -OCH3 is 2. The molecule has 0 spiro atoms. The molecule has 0 unspecified atom stereocenters. The van der Waals surface area contributed by atoms with Gasteiger partial charge in [-0.3, -0.25) is 0 Å². The van der Waals surface area contributed by atoms with E-state index in [2.05, 4.69) is 22.4 Å². The molecule has 0 bridgehead atoms. The highest BCUT2D eigenvalue weighted by Crippen LogP contribution is 2.33. The van der Waals surface area contributed by atoms with E-state index in [1.54, 1.807) is 21.1 Å². The number of carbonyl (C=O) groups is 1. The molecule has 1 saturated carbocycles. The number of rotatable bonds is 9. The highest BCUT2D eigenvalue weighted by Gasteiger charge is 2.30. The Morgan fingerprint density at radius 3 is 2.33 bits per heavy atom. The topological polar surface area (TPSA) is 80.7 Å². The van der Waals surface area contributed by atoms with Crippen LogP contribution >= 0.6 is 11.3 Å². The fraction of sp³-hybridized carbons (Fsp3) is 0.385. The van der Waals surface area contributed by atoms with E-state index in [4.69, 9.17) is 14.6 Å². The Bertz CT molecular complexity index is 1160. The molecule has 1 aliphatic rings. The highest BCUT2D eigenvalue weighted by atomic mass is 32.1. The van der Waals surface area contributed by atoms with Crippen LogP contribution in [-0.2, 0) is 12.6 Å². The monoisotopic (exact) mass is 522 g/mol. The Balaban J connectivity index is 0.000000202. The molecular weight excluding hydrogens is 493 g/mol. The number of nitrogens with zero attached hydrogens (tertiary/aromatic N) is 1. The van der Waals surface area contributed by atoms with Gasteiger partial charge in [0.05, 0.1) is 30.5 Å². The molecule has 10 heteroatoms. The summed E-state index contributed by atoms with van der Waals surface area (Å²) in [5, 5.41) is 13.1. The normalized spacial score (nSPS) is 13.1. The van der Waals surface area contributed by atoms with Gasteiger partial charge in [-0.25, -0.2) is 9.78 Å². The number of aromatic nitrogens is 1. The first kappa shape index (κ1) is 27.5. The molecule has 0 radical (unpaired) electrons. The lowest BCUT2D eigenvalue weighted by molar-refractivity contribution is -0.137. The SMILES string of the molecule is COc1ccc(CCNCC2CC2)cc1OC.Cc1nc(-c2ccc(C(F)(F)F)cc2)c(C(=O)O)s1. The second-order valence-electron chi connectivity index (χ2n) is 8.38. The minimum Gasteiger partial charge on any atom is -0.493 e. The molecule has 36 heavy (non-hydrogen) atoms. The van der Waals surface area contributed by atoms with E-state index in [0.717, 1.165) is 53.9 Å². The zero-order valence-corrected chi connectivity index (χ0v) is 21.1. The summed E-state index contributed by atoms with van der Waals surface area (Å²) in [6.45, 7) is 3.85. The first-order chi connectivity index (χ1) is 17.1. The number of carboxylic acid groups (broad SMARTS) is 1. The van der Waals surface area contributed by atoms with Crippen molar-refractivity contribution in [3.8, 4) is 22.8 Å². The van der Waals surface area contributed by atoms with Crippen LogP contribution in [0.1, 0.15) is 38.6 Å². The Morgan fingerprint density at radius 2 is 1.78 bits per heavy atom. The molecule has 1 aliphatic carbocycles. The maximum Gasteiger partial charge on any atom is 0.416 e. The lowest BCUT2D eigenvalue weighted by Gasteiger charge is -2.09. The van der Waals surface area contributed by atoms with Gasteiger partial charge >= 0.3 is 12.1 Å². The number of hydrogen-bond acceptors (Lipinski definition) is 6. The molecule has 0 atom stereocenters. The first-order valence-electron chi connectivity index (χ1n) is 11.4. The summed E-state index contributed by atoms with van der Waals surface area (Å²) >= 11 is 0.994. The zero-order chi connectivity index (χ0) is 26.3. The van der Waals surface area contributed by atoms with Crippen molar-refractivity contribution in [1.82, 2.24) is 10.3 Å². The smallest absolute Gasteiger partial charge is 0.416 e. The van der Waals surface area contributed by atoms with E-state index < -0.39 is 17.7 Å². The number of ether oxygens (including phenoxy) is 2. The molecule has 2 aromatic carbocycles. The van der Waals surface area contributed by atoms with Gasteiger partial charge in [0.2, 0.25) is 0 Å². The van der Waals surface area contributed by atoms with Crippen molar-refractivity contribution in [2.75, 3.05) is 27.3 Å². The van der Waals surface area contributed by atoms with E-state index in [9.17, 15) is 18.0 Å². The van der Waals surface area contributed by atoms with E-state index in [0.29, 0.717) is 10.6 Å². The maximum atomic E-state index is 12.4. The standard InChI is InChI=1S/C14H21NO2.C12H8F3NO2S/c1-16-13-6-5-11(9-14(13)17-2)7-8-15-10-12-3-4-12;1-6-16-9(10(19-6)11(17)18)7-2-4-8(5-3-7)12(13,14)15/h5-6,9,12,15H,3-4,7-8,10H2,1-2H3;2-5H,1H3,(H,17,18). The number of benzene rings is 2. The molecule has 0 saturated heterocycles. The van der Waals surface area contributed by atoms with Crippen LogP contribution in [0.25, 0.3) is 11.3 Å². The Kier molecular flexibility index (Phi) is 9.33. The van der Waals surface area contributed by atoms with Gasteiger partial charge in [-0.05, 0) is 75.0 Å². The van der Waals surface area contributed by atoms with Gasteiger partial charge < -0.3 is 19.9 Å². The Labute approximate surface area is 212 Å². The van der Waals surface area contributed by atoms with Gasteiger partial charge in [0, 0.05) is 5.56 Å². The number of carboxylic acids is 1. The van der Waals surface area contributed by atoms with Crippen LogP contribution in [0.4, 0.5) is 13.2 Å². The number of thiazole rings is 1. The van der Waals surface area contributed by atoms with Gasteiger partial charge in [-0.15, -0.1) is 11.3 Å². The molecule has 1 aromatic heterocycles. The van der Waals surface area contributed by atoms with E-state index in [-0.39, 0.29) is 10.6 Å². The van der Waals surface area contributed by atoms with Crippen molar-refractivity contribution in [3.63, 3.8) is 0 Å². The average Bonchev–Trinajstić information content (AvgIpc) is 3.60. The summed E-state index contributed by atoms with van der Waals surface area (Å²) in [6, 6.07) is 10.4. The van der Waals surface area contributed by atoms with Crippen LogP contribution in [0.2, 0.25) is 0 Å². The van der Waals surface area contributed by atoms with Crippen molar-refractivity contribution >= 4 is 17.3 Å². The summed E-state index contributed by atoms with van der Waals surface area (Å²) in [7, 11) is 3.34. The van der Waals surface area contributed by atoms with Gasteiger partial charge in [0.25, 0.3) is 0 Å². The lowest BCUT2D eigenvalue weighted by atomic mass is 10.1. The predicted octanol–water partition coefficient (Wildman–Crippen LogP) is 6.08. The second kappa shape index (κ2) is 12.2. The zero-order valence-electron chi connectivity index (χ0n) is 20.3. The van der Waals surface area contributed by atoms with E-state index in [1.807, 2.05) is 6.07 Å². The molecule has 1 fully saturated rings. The van der Waals surface area contributed by atoms with Gasteiger partial charge in [-0.1, -0.05) is 18.2 Å². The summed E-state index contributed by atoms with van der Waals surface area (Å²) in [4.78, 5) is 15.1. The third-order valence-corrected chi connectivity index (χ3v) is 6.54. The van der Waals surface area contributed by atoms with Gasteiger partial charge in [0.15, 0.2) is 11.5 Å². The van der Waals surface area contributed by atoms with Crippen LogP contribution in [0, 0.1) is 12.8 Å². The number of aromatic carboxylic acids is 1. The summed E-state index contributed by atoms with van der Waals surface area (Å²) < 4.78 is 47.8. The molecule has 0 amide bonds. The molecule has 2 N–H and O–H groups in total. The second-order valence-corrected chi connectivity index (χ2v) is 9.58. The van der Waals surface area contributed by atoms with Crippen LogP contribution in [0.15, 0.2) is 42.5 Å². The highest BCUT2D eigenvalue weighted by molar-refractivity contribution is 7.14. The molecule has 194 valence electrons. The largest absolute Gasteiger partial charge is 0.493 e. The fourth-order valence-corrected chi connectivity index (χ4v) is 4.26. The number of alkyl halides is 3. The number of aryl methyl sites for hydroxylation is 1. The Morgan fingerprint density at radius 1 is 1.11 bits per heavy atom. The molecular formula is C26H29F3N2O4S. The summed E-state index contributed by atoms with van der Waals surface area (Å²) in [5.41, 5.74) is 1.06. The number of hydrogen-bond donors (Lipinski definition) is 2. The number of nitrogens with one attached hydrogen (secondary N) is 1. The first-order valence-corrected chi connectivity index (χ1v) is 12.2. The maximum absolute atomic E-state index is 12.4. The average molecular weight is 523 g/mol. The minimum atomic E-state index is -4.41. The summed E-state index contributed by atoms with van der Waals surface area (Å²) in [6.07, 6.45) is -0.564. The Hall–Kier alpha value is -3.11. The molecule has 1 heterocycles. The predicted molar refractivity (Wildman–Crippen MR) is 133 cm³/mol. The van der Waals surface area contributed by atoms with Gasteiger partial charge in [0.1, 0.15) is 4.88 Å². The lowest BCUT2D eigenvalue weighted by Crippen LogP contribution is -2.19.